The smallest absolute Gasteiger partial charge is 0.122 e. The van der Waals surface area contributed by atoms with Gasteiger partial charge in [-0.05, 0) is 13.0 Å². The van der Waals surface area contributed by atoms with E-state index in [9.17, 15) is 0 Å². The number of hydrogen-bond acceptors (Lipinski definition) is 3. The summed E-state index contributed by atoms with van der Waals surface area (Å²) < 4.78 is 10.6. The number of hydrogen-bond donors (Lipinski definition) is 0. The largest absolute Gasteiger partial charge is 0.496 e. The Morgan fingerprint density at radius 3 is 2.75 bits per heavy atom. The van der Waals surface area contributed by atoms with E-state index < -0.39 is 0 Å². The Hall–Kier alpha value is -1.53. The molecule has 2 rings (SSSR count). The first kappa shape index (κ1) is 11.0. The number of benzene rings is 1. The van der Waals surface area contributed by atoms with Crippen LogP contribution >= 0.6 is 0 Å². The van der Waals surface area contributed by atoms with Crippen molar-refractivity contribution in [1.82, 2.24) is 0 Å². The summed E-state index contributed by atoms with van der Waals surface area (Å²) in [5.41, 5.74) is 2.12. The molecule has 1 aliphatic rings. The minimum absolute atomic E-state index is 0.161. The topological polar surface area (TPSA) is 42.2 Å². The van der Waals surface area contributed by atoms with Crippen LogP contribution in [0.1, 0.15) is 17.5 Å². The Bertz CT molecular complexity index is 430. The maximum absolute atomic E-state index is 8.91. The zero-order valence-electron chi connectivity index (χ0n) is 9.62. The number of ether oxygens (including phenoxy) is 2. The fourth-order valence-corrected chi connectivity index (χ4v) is 2.09. The minimum atomic E-state index is -0.161. The molecule has 1 fully saturated rings. The molecule has 0 saturated carbocycles. The summed E-state index contributed by atoms with van der Waals surface area (Å²) in [6.07, 6.45) is 0.479. The van der Waals surface area contributed by atoms with Crippen molar-refractivity contribution in [2.45, 2.75) is 18.8 Å². The summed E-state index contributed by atoms with van der Waals surface area (Å²) in [7, 11) is 1.66. The van der Waals surface area contributed by atoms with E-state index >= 15 is 0 Å². The van der Waals surface area contributed by atoms with Crippen LogP contribution in [0.25, 0.3) is 0 Å². The molecule has 1 saturated heterocycles. The highest BCUT2D eigenvalue weighted by molar-refractivity contribution is 5.44. The SMILES string of the molecule is COc1ccc(C)cc1C1(CC#N)COC1. The maximum Gasteiger partial charge on any atom is 0.122 e. The van der Waals surface area contributed by atoms with Crippen LogP contribution in [-0.4, -0.2) is 20.3 Å². The Kier molecular flexibility index (Phi) is 2.84. The van der Waals surface area contributed by atoms with Gasteiger partial charge >= 0.3 is 0 Å². The summed E-state index contributed by atoms with van der Waals surface area (Å²) >= 11 is 0. The molecule has 0 N–H and O–H groups in total. The van der Waals surface area contributed by atoms with E-state index in [0.29, 0.717) is 19.6 Å². The first-order valence-electron chi connectivity index (χ1n) is 5.32. The third-order valence-electron chi connectivity index (χ3n) is 3.10. The lowest BCUT2D eigenvalue weighted by atomic mass is 9.75. The van der Waals surface area contributed by atoms with Gasteiger partial charge in [0.05, 0.1) is 31.8 Å². The predicted octanol–water partition coefficient (Wildman–Crippen LogP) is 2.19. The summed E-state index contributed by atoms with van der Waals surface area (Å²) in [5.74, 6) is 0.851. The molecule has 1 aromatic rings. The van der Waals surface area contributed by atoms with Crippen molar-refractivity contribution in [2.75, 3.05) is 20.3 Å². The molecule has 1 aromatic carbocycles. The monoisotopic (exact) mass is 217 g/mol. The van der Waals surface area contributed by atoms with Gasteiger partial charge in [-0.25, -0.2) is 0 Å². The molecule has 0 radical (unpaired) electrons. The summed E-state index contributed by atoms with van der Waals surface area (Å²) in [5, 5.41) is 8.91. The Balaban J connectivity index is 2.45. The fraction of sp³-hybridized carbons (Fsp3) is 0.462. The third kappa shape index (κ3) is 1.66. The maximum atomic E-state index is 8.91. The van der Waals surface area contributed by atoms with E-state index in [-0.39, 0.29) is 5.41 Å². The van der Waals surface area contributed by atoms with Gasteiger partial charge in [0.2, 0.25) is 0 Å². The normalized spacial score (nSPS) is 17.3. The Morgan fingerprint density at radius 1 is 1.50 bits per heavy atom. The van der Waals surface area contributed by atoms with Crippen LogP contribution in [0.5, 0.6) is 5.75 Å². The number of nitrogens with zero attached hydrogens (tertiary/aromatic N) is 1. The predicted molar refractivity (Wildman–Crippen MR) is 60.5 cm³/mol. The van der Waals surface area contributed by atoms with Gasteiger partial charge in [-0.1, -0.05) is 17.7 Å². The molecule has 84 valence electrons. The number of methoxy groups -OCH3 is 1. The van der Waals surface area contributed by atoms with Crippen molar-refractivity contribution in [3.63, 3.8) is 0 Å². The fourth-order valence-electron chi connectivity index (χ4n) is 2.09. The second-order valence-corrected chi connectivity index (χ2v) is 4.31. The van der Waals surface area contributed by atoms with Gasteiger partial charge in [0.25, 0.3) is 0 Å². The first-order valence-corrected chi connectivity index (χ1v) is 5.32. The van der Waals surface area contributed by atoms with Gasteiger partial charge in [0, 0.05) is 12.0 Å². The summed E-state index contributed by atoms with van der Waals surface area (Å²) in [6, 6.07) is 8.32. The van der Waals surface area contributed by atoms with Crippen molar-refractivity contribution in [3.8, 4) is 11.8 Å². The average Bonchev–Trinajstić information content (AvgIpc) is 2.23. The van der Waals surface area contributed by atoms with Crippen LogP contribution in [0.15, 0.2) is 18.2 Å². The molecule has 0 aliphatic carbocycles. The molecule has 0 spiro atoms. The highest BCUT2D eigenvalue weighted by Crippen LogP contribution is 2.40. The van der Waals surface area contributed by atoms with Crippen LogP contribution in [-0.2, 0) is 10.2 Å². The minimum Gasteiger partial charge on any atom is -0.496 e. The van der Waals surface area contributed by atoms with E-state index in [1.807, 2.05) is 19.1 Å². The zero-order valence-corrected chi connectivity index (χ0v) is 9.62. The molecule has 1 aliphatic heterocycles. The third-order valence-corrected chi connectivity index (χ3v) is 3.10. The molecule has 16 heavy (non-hydrogen) atoms. The number of rotatable bonds is 3. The lowest BCUT2D eigenvalue weighted by Crippen LogP contribution is -2.46. The molecular weight excluding hydrogens is 202 g/mol. The van der Waals surface area contributed by atoms with E-state index in [2.05, 4.69) is 12.1 Å². The van der Waals surface area contributed by atoms with Crippen LogP contribution in [0, 0.1) is 18.3 Å². The van der Waals surface area contributed by atoms with Gasteiger partial charge in [-0.3, -0.25) is 0 Å². The second-order valence-electron chi connectivity index (χ2n) is 4.31. The van der Waals surface area contributed by atoms with Crippen LogP contribution in [0.4, 0.5) is 0 Å². The van der Waals surface area contributed by atoms with Gasteiger partial charge in [-0.2, -0.15) is 5.26 Å². The lowest BCUT2D eigenvalue weighted by Gasteiger charge is -2.41. The number of aryl methyl sites for hydroxylation is 1. The van der Waals surface area contributed by atoms with Gasteiger partial charge < -0.3 is 9.47 Å². The van der Waals surface area contributed by atoms with E-state index in [1.165, 1.54) is 5.56 Å². The van der Waals surface area contributed by atoms with E-state index in [1.54, 1.807) is 7.11 Å². The molecule has 3 nitrogen and oxygen atoms in total. The van der Waals surface area contributed by atoms with Crippen molar-refractivity contribution in [2.24, 2.45) is 0 Å². The highest BCUT2D eigenvalue weighted by atomic mass is 16.5. The first-order chi connectivity index (χ1) is 7.72. The van der Waals surface area contributed by atoms with Crippen molar-refractivity contribution in [1.29, 1.82) is 5.26 Å². The molecule has 1 heterocycles. The van der Waals surface area contributed by atoms with Crippen molar-refractivity contribution in [3.05, 3.63) is 29.3 Å². The quantitative estimate of drug-likeness (QED) is 0.779. The van der Waals surface area contributed by atoms with Crippen molar-refractivity contribution >= 4 is 0 Å². The van der Waals surface area contributed by atoms with Crippen LogP contribution in [0.3, 0.4) is 0 Å². The molecule has 0 atom stereocenters. The average molecular weight is 217 g/mol. The molecule has 3 heteroatoms. The second kappa shape index (κ2) is 4.15. The summed E-state index contributed by atoms with van der Waals surface area (Å²) in [6.45, 7) is 3.27. The molecule has 0 amide bonds. The van der Waals surface area contributed by atoms with E-state index in [0.717, 1.165) is 11.3 Å². The zero-order chi connectivity index (χ0) is 11.6. The molecule has 0 unspecified atom stereocenters. The van der Waals surface area contributed by atoms with Gasteiger partial charge in [-0.15, -0.1) is 0 Å². The van der Waals surface area contributed by atoms with E-state index in [4.69, 9.17) is 14.7 Å². The Labute approximate surface area is 95.6 Å². The lowest BCUT2D eigenvalue weighted by molar-refractivity contribution is -0.0586. The summed E-state index contributed by atoms with van der Waals surface area (Å²) in [4.78, 5) is 0. The highest BCUT2D eigenvalue weighted by Gasteiger charge is 2.42. The molecule has 0 bridgehead atoms. The van der Waals surface area contributed by atoms with Crippen molar-refractivity contribution < 1.29 is 9.47 Å². The van der Waals surface area contributed by atoms with Crippen LogP contribution in [0.2, 0.25) is 0 Å². The van der Waals surface area contributed by atoms with Crippen LogP contribution < -0.4 is 4.74 Å². The molecular formula is C13H15NO2. The van der Waals surface area contributed by atoms with Gasteiger partial charge in [0.1, 0.15) is 5.75 Å². The van der Waals surface area contributed by atoms with Gasteiger partial charge in [0.15, 0.2) is 0 Å². The Morgan fingerprint density at radius 2 is 2.25 bits per heavy atom. The standard InChI is InChI=1S/C13H15NO2/c1-10-3-4-12(15-2)11(7-10)13(5-6-14)8-16-9-13/h3-4,7H,5,8-9H2,1-2H3. The number of nitriles is 1. The molecule has 0 aromatic heterocycles.